The molecule has 0 aliphatic rings. The number of rotatable bonds is 4. The van der Waals surface area contributed by atoms with Gasteiger partial charge in [-0.25, -0.2) is 4.98 Å². The van der Waals surface area contributed by atoms with E-state index in [4.69, 9.17) is 0 Å². The Morgan fingerprint density at radius 1 is 1.64 bits per heavy atom. The second-order valence-corrected chi connectivity index (χ2v) is 3.34. The van der Waals surface area contributed by atoms with E-state index in [1.165, 1.54) is 17.8 Å². The van der Waals surface area contributed by atoms with Gasteiger partial charge in [0, 0.05) is 12.6 Å². The number of aromatic nitrogens is 1. The molecular formula is C8H11N3O2S. The average Bonchev–Trinajstić information content (AvgIpc) is 2.17. The molecule has 6 heteroatoms. The molecule has 5 nitrogen and oxygen atoms in total. The molecule has 0 atom stereocenters. The molecule has 1 N–H and O–H groups in total. The summed E-state index contributed by atoms with van der Waals surface area (Å²) in [5.74, 6) is 0.337. The van der Waals surface area contributed by atoms with Gasteiger partial charge in [0.05, 0.1) is 9.95 Å². The van der Waals surface area contributed by atoms with E-state index in [0.29, 0.717) is 12.4 Å². The van der Waals surface area contributed by atoms with Gasteiger partial charge in [-0.05, 0) is 19.2 Å². The highest BCUT2D eigenvalue weighted by molar-refractivity contribution is 7.98. The molecular weight excluding hydrogens is 202 g/mol. The first-order valence-electron chi connectivity index (χ1n) is 4.12. The van der Waals surface area contributed by atoms with Gasteiger partial charge < -0.3 is 5.32 Å². The van der Waals surface area contributed by atoms with Crippen LogP contribution in [0.15, 0.2) is 17.2 Å². The van der Waals surface area contributed by atoms with Crippen LogP contribution in [-0.4, -0.2) is 22.7 Å². The Bertz CT molecular complexity index is 343. The zero-order valence-electron chi connectivity index (χ0n) is 7.98. The predicted octanol–water partition coefficient (Wildman–Crippen LogP) is 2.14. The van der Waals surface area contributed by atoms with Crippen molar-refractivity contribution < 1.29 is 4.92 Å². The van der Waals surface area contributed by atoms with Gasteiger partial charge in [0.1, 0.15) is 0 Å². The minimum Gasteiger partial charge on any atom is -0.365 e. The van der Waals surface area contributed by atoms with Gasteiger partial charge in [-0.15, -0.1) is 11.8 Å². The number of nitro groups is 1. The molecule has 0 aliphatic heterocycles. The predicted molar refractivity (Wildman–Crippen MR) is 56.8 cm³/mol. The van der Waals surface area contributed by atoms with Gasteiger partial charge in [0.25, 0.3) is 0 Å². The van der Waals surface area contributed by atoms with Crippen molar-refractivity contribution in [2.24, 2.45) is 0 Å². The Morgan fingerprint density at radius 3 is 2.86 bits per heavy atom. The lowest BCUT2D eigenvalue weighted by atomic mass is 10.4. The normalized spacial score (nSPS) is 9.86. The van der Waals surface area contributed by atoms with Crippen molar-refractivity contribution in [2.45, 2.75) is 11.9 Å². The lowest BCUT2D eigenvalue weighted by molar-refractivity contribution is -0.384. The molecule has 1 aromatic rings. The summed E-state index contributed by atoms with van der Waals surface area (Å²) < 4.78 is 0. The zero-order chi connectivity index (χ0) is 10.6. The van der Waals surface area contributed by atoms with Crippen LogP contribution in [0.2, 0.25) is 0 Å². The van der Waals surface area contributed by atoms with Crippen molar-refractivity contribution in [1.82, 2.24) is 4.98 Å². The fourth-order valence-corrected chi connectivity index (χ4v) is 1.38. The van der Waals surface area contributed by atoms with Gasteiger partial charge in [-0.2, -0.15) is 0 Å². The van der Waals surface area contributed by atoms with Gasteiger partial charge in [0.15, 0.2) is 0 Å². The van der Waals surface area contributed by atoms with E-state index in [9.17, 15) is 10.1 Å². The number of nitrogens with one attached hydrogen (secondary N) is 1. The highest BCUT2D eigenvalue weighted by Gasteiger charge is 2.14. The lowest BCUT2D eigenvalue weighted by Gasteiger charge is -2.04. The Balaban J connectivity index is 3.10. The van der Waals surface area contributed by atoms with Crippen LogP contribution in [0.1, 0.15) is 6.92 Å². The fraction of sp³-hybridized carbons (Fsp3) is 0.375. The Labute approximate surface area is 86.1 Å². The summed E-state index contributed by atoms with van der Waals surface area (Å²) in [6.45, 7) is 2.49. The third-order valence-corrected chi connectivity index (χ3v) is 2.24. The molecule has 14 heavy (non-hydrogen) atoms. The van der Waals surface area contributed by atoms with E-state index in [2.05, 4.69) is 10.3 Å². The summed E-state index contributed by atoms with van der Waals surface area (Å²) >= 11 is 1.46. The van der Waals surface area contributed by atoms with Crippen molar-refractivity contribution in [3.8, 4) is 0 Å². The number of hydrogen-bond acceptors (Lipinski definition) is 5. The maximum atomic E-state index is 10.6. The SMILES string of the molecule is CCNc1nc(SC)ccc1[N+](=O)[O-]. The largest absolute Gasteiger partial charge is 0.365 e. The van der Waals surface area contributed by atoms with Crippen LogP contribution < -0.4 is 5.32 Å². The summed E-state index contributed by atoms with van der Waals surface area (Å²) in [6, 6.07) is 3.11. The first kappa shape index (κ1) is 10.8. The maximum absolute atomic E-state index is 10.6. The number of anilines is 1. The maximum Gasteiger partial charge on any atom is 0.311 e. The van der Waals surface area contributed by atoms with Gasteiger partial charge >= 0.3 is 5.69 Å². The number of pyridine rings is 1. The van der Waals surface area contributed by atoms with E-state index >= 15 is 0 Å². The number of nitrogens with zero attached hydrogens (tertiary/aromatic N) is 2. The molecule has 0 radical (unpaired) electrons. The molecule has 0 aromatic carbocycles. The van der Waals surface area contributed by atoms with Crippen molar-refractivity contribution in [2.75, 3.05) is 18.1 Å². The molecule has 1 rings (SSSR count). The van der Waals surface area contributed by atoms with E-state index in [1.807, 2.05) is 13.2 Å². The van der Waals surface area contributed by atoms with Crippen LogP contribution in [0.25, 0.3) is 0 Å². The molecule has 0 spiro atoms. The smallest absolute Gasteiger partial charge is 0.311 e. The molecule has 0 bridgehead atoms. The average molecular weight is 213 g/mol. The zero-order valence-corrected chi connectivity index (χ0v) is 8.80. The third-order valence-electron chi connectivity index (χ3n) is 1.60. The molecule has 0 aliphatic carbocycles. The van der Waals surface area contributed by atoms with E-state index in [-0.39, 0.29) is 5.69 Å². The summed E-state index contributed by atoms with van der Waals surface area (Å²) in [5.41, 5.74) is 0.0182. The molecule has 1 heterocycles. The molecule has 76 valence electrons. The van der Waals surface area contributed by atoms with Crippen LogP contribution >= 0.6 is 11.8 Å². The van der Waals surface area contributed by atoms with E-state index < -0.39 is 4.92 Å². The van der Waals surface area contributed by atoms with Gasteiger partial charge in [-0.3, -0.25) is 10.1 Å². The first-order valence-corrected chi connectivity index (χ1v) is 5.34. The summed E-state index contributed by atoms with van der Waals surface area (Å²) in [6.07, 6.45) is 1.88. The standard InChI is InChI=1S/C8H11N3O2S/c1-3-9-8-6(11(12)13)4-5-7(10-8)14-2/h4-5H,3H2,1-2H3,(H,9,10). The van der Waals surface area contributed by atoms with Crippen molar-refractivity contribution in [1.29, 1.82) is 0 Å². The Morgan fingerprint density at radius 2 is 2.36 bits per heavy atom. The van der Waals surface area contributed by atoms with Crippen LogP contribution in [0.3, 0.4) is 0 Å². The van der Waals surface area contributed by atoms with E-state index in [0.717, 1.165) is 5.03 Å². The third kappa shape index (κ3) is 2.35. The molecule has 0 amide bonds. The first-order chi connectivity index (χ1) is 6.69. The minimum atomic E-state index is -0.435. The second-order valence-electron chi connectivity index (χ2n) is 2.51. The molecule has 0 saturated heterocycles. The molecule has 1 aromatic heterocycles. The number of hydrogen-bond donors (Lipinski definition) is 1. The summed E-state index contributed by atoms with van der Waals surface area (Å²) in [7, 11) is 0. The quantitative estimate of drug-likeness (QED) is 0.471. The highest BCUT2D eigenvalue weighted by Crippen LogP contribution is 2.24. The molecule has 0 saturated carbocycles. The topological polar surface area (TPSA) is 68.1 Å². The monoisotopic (exact) mass is 213 g/mol. The molecule has 0 unspecified atom stereocenters. The van der Waals surface area contributed by atoms with Crippen molar-refractivity contribution in [3.05, 3.63) is 22.2 Å². The van der Waals surface area contributed by atoms with Crippen LogP contribution in [-0.2, 0) is 0 Å². The van der Waals surface area contributed by atoms with Crippen molar-refractivity contribution >= 4 is 23.3 Å². The van der Waals surface area contributed by atoms with Crippen LogP contribution in [0.4, 0.5) is 11.5 Å². The minimum absolute atomic E-state index is 0.0182. The van der Waals surface area contributed by atoms with Crippen LogP contribution in [0, 0.1) is 10.1 Å². The number of thioether (sulfide) groups is 1. The van der Waals surface area contributed by atoms with Crippen molar-refractivity contribution in [3.63, 3.8) is 0 Å². The summed E-state index contributed by atoms with van der Waals surface area (Å²) in [4.78, 5) is 14.3. The Kier molecular flexibility index (Phi) is 3.70. The van der Waals surface area contributed by atoms with Crippen LogP contribution in [0.5, 0.6) is 0 Å². The second kappa shape index (κ2) is 4.80. The van der Waals surface area contributed by atoms with Gasteiger partial charge in [-0.1, -0.05) is 0 Å². The van der Waals surface area contributed by atoms with E-state index in [1.54, 1.807) is 6.07 Å². The molecule has 0 fully saturated rings. The Hall–Kier alpha value is -1.30. The fourth-order valence-electron chi connectivity index (χ4n) is 0.992. The van der Waals surface area contributed by atoms with Gasteiger partial charge in [0.2, 0.25) is 5.82 Å². The lowest BCUT2D eigenvalue weighted by Crippen LogP contribution is -2.03. The highest BCUT2D eigenvalue weighted by atomic mass is 32.2. The summed E-state index contributed by atoms with van der Waals surface area (Å²) in [5, 5.41) is 14.3.